The molecule has 0 atom stereocenters. The van der Waals surface area contributed by atoms with Crippen LogP contribution in [0.2, 0.25) is 0 Å². The van der Waals surface area contributed by atoms with Crippen molar-refractivity contribution in [1.82, 2.24) is 5.32 Å². The quantitative estimate of drug-likeness (QED) is 0.623. The fraction of sp³-hybridized carbons (Fsp3) is 1.00. The van der Waals surface area contributed by atoms with Crippen molar-refractivity contribution in [2.24, 2.45) is 17.8 Å². The van der Waals surface area contributed by atoms with Crippen LogP contribution >= 0.6 is 0 Å². The van der Waals surface area contributed by atoms with Crippen LogP contribution in [0.3, 0.4) is 0 Å². The van der Waals surface area contributed by atoms with Gasteiger partial charge in [0.1, 0.15) is 0 Å². The van der Waals surface area contributed by atoms with E-state index in [0.717, 1.165) is 37.5 Å². The molecular formula is C18H37NO. The van der Waals surface area contributed by atoms with E-state index in [0.29, 0.717) is 0 Å². The Morgan fingerprint density at radius 3 is 2.30 bits per heavy atom. The van der Waals surface area contributed by atoms with Crippen LogP contribution in [0, 0.1) is 17.8 Å². The Morgan fingerprint density at radius 1 is 1.15 bits per heavy atom. The first-order valence-corrected chi connectivity index (χ1v) is 8.84. The SMILES string of the molecule is CCCNCC1(OCCC(C)C)CCC(C(C)C)CC1. The van der Waals surface area contributed by atoms with E-state index in [1.165, 1.54) is 38.5 Å². The van der Waals surface area contributed by atoms with Gasteiger partial charge in [-0.15, -0.1) is 0 Å². The molecule has 2 heteroatoms. The molecule has 2 nitrogen and oxygen atoms in total. The fourth-order valence-corrected chi connectivity index (χ4v) is 3.21. The van der Waals surface area contributed by atoms with Crippen LogP contribution in [-0.4, -0.2) is 25.3 Å². The molecule has 0 aromatic carbocycles. The standard InChI is InChI=1S/C18H37NO/c1-6-12-19-14-18(20-13-9-15(2)3)10-7-17(8-11-18)16(4)5/h15-17,19H,6-14H2,1-5H3. The third-order valence-corrected chi connectivity index (χ3v) is 4.86. The molecule has 1 saturated carbocycles. The zero-order chi connectivity index (χ0) is 15.0. The fourth-order valence-electron chi connectivity index (χ4n) is 3.21. The van der Waals surface area contributed by atoms with Crippen molar-refractivity contribution in [3.63, 3.8) is 0 Å². The maximum Gasteiger partial charge on any atom is 0.0806 e. The van der Waals surface area contributed by atoms with Gasteiger partial charge in [0, 0.05) is 13.2 Å². The van der Waals surface area contributed by atoms with Crippen molar-refractivity contribution < 1.29 is 4.74 Å². The lowest BCUT2D eigenvalue weighted by Crippen LogP contribution is -2.47. The van der Waals surface area contributed by atoms with E-state index in [-0.39, 0.29) is 5.60 Å². The molecule has 1 N–H and O–H groups in total. The Kier molecular flexibility index (Phi) is 8.13. The van der Waals surface area contributed by atoms with Gasteiger partial charge >= 0.3 is 0 Å². The molecule has 0 aliphatic heterocycles. The largest absolute Gasteiger partial charge is 0.374 e. The van der Waals surface area contributed by atoms with E-state index in [4.69, 9.17) is 4.74 Å². The number of ether oxygens (including phenoxy) is 1. The van der Waals surface area contributed by atoms with E-state index in [2.05, 4.69) is 39.9 Å². The van der Waals surface area contributed by atoms with Gasteiger partial charge in [0.05, 0.1) is 5.60 Å². The summed E-state index contributed by atoms with van der Waals surface area (Å²) in [4.78, 5) is 0. The van der Waals surface area contributed by atoms with Crippen molar-refractivity contribution in [2.45, 2.75) is 78.7 Å². The molecule has 20 heavy (non-hydrogen) atoms. The van der Waals surface area contributed by atoms with Gasteiger partial charge in [0.15, 0.2) is 0 Å². The molecule has 0 radical (unpaired) electrons. The molecule has 0 aromatic heterocycles. The first-order chi connectivity index (χ1) is 9.49. The van der Waals surface area contributed by atoms with Gasteiger partial charge in [-0.25, -0.2) is 0 Å². The predicted molar refractivity (Wildman–Crippen MR) is 88.1 cm³/mol. The van der Waals surface area contributed by atoms with E-state index < -0.39 is 0 Å². The minimum absolute atomic E-state index is 0.120. The molecule has 120 valence electrons. The monoisotopic (exact) mass is 283 g/mol. The topological polar surface area (TPSA) is 21.3 Å². The molecule has 0 amide bonds. The molecule has 0 saturated heterocycles. The summed E-state index contributed by atoms with van der Waals surface area (Å²) in [6.07, 6.45) is 7.55. The number of hydrogen-bond acceptors (Lipinski definition) is 2. The average molecular weight is 284 g/mol. The number of nitrogens with one attached hydrogen (secondary N) is 1. The Balaban J connectivity index is 2.47. The van der Waals surface area contributed by atoms with Gasteiger partial charge in [-0.1, -0.05) is 34.6 Å². The molecule has 1 aliphatic rings. The zero-order valence-corrected chi connectivity index (χ0v) is 14.5. The maximum atomic E-state index is 6.39. The summed E-state index contributed by atoms with van der Waals surface area (Å²) in [6, 6.07) is 0. The molecule has 1 fully saturated rings. The molecule has 1 aliphatic carbocycles. The van der Waals surface area contributed by atoms with E-state index in [1.54, 1.807) is 0 Å². The molecule has 0 heterocycles. The van der Waals surface area contributed by atoms with Crippen molar-refractivity contribution >= 4 is 0 Å². The smallest absolute Gasteiger partial charge is 0.0806 e. The summed E-state index contributed by atoms with van der Waals surface area (Å²) in [7, 11) is 0. The second-order valence-electron chi connectivity index (χ2n) is 7.47. The number of rotatable bonds is 9. The summed E-state index contributed by atoms with van der Waals surface area (Å²) in [5, 5.41) is 3.60. The Labute approximate surface area is 127 Å². The van der Waals surface area contributed by atoms with Crippen LogP contribution in [0.15, 0.2) is 0 Å². The van der Waals surface area contributed by atoms with Crippen LogP contribution in [-0.2, 0) is 4.74 Å². The highest BCUT2D eigenvalue weighted by molar-refractivity contribution is 4.90. The van der Waals surface area contributed by atoms with Gasteiger partial charge in [0.2, 0.25) is 0 Å². The highest BCUT2D eigenvalue weighted by Crippen LogP contribution is 2.38. The van der Waals surface area contributed by atoms with E-state index in [1.807, 2.05) is 0 Å². The van der Waals surface area contributed by atoms with Crippen molar-refractivity contribution in [1.29, 1.82) is 0 Å². The molecule has 0 spiro atoms. The van der Waals surface area contributed by atoms with Crippen LogP contribution < -0.4 is 5.32 Å². The highest BCUT2D eigenvalue weighted by Gasteiger charge is 2.36. The van der Waals surface area contributed by atoms with Crippen molar-refractivity contribution in [3.8, 4) is 0 Å². The lowest BCUT2D eigenvalue weighted by molar-refractivity contribution is -0.0822. The normalized spacial score (nSPS) is 27.4. The first-order valence-electron chi connectivity index (χ1n) is 8.84. The lowest BCUT2D eigenvalue weighted by Gasteiger charge is -2.41. The van der Waals surface area contributed by atoms with Crippen LogP contribution in [0.5, 0.6) is 0 Å². The lowest BCUT2D eigenvalue weighted by atomic mass is 9.74. The average Bonchev–Trinajstić information content (AvgIpc) is 2.39. The van der Waals surface area contributed by atoms with Gasteiger partial charge in [-0.3, -0.25) is 0 Å². The third-order valence-electron chi connectivity index (χ3n) is 4.86. The summed E-state index contributed by atoms with van der Waals surface area (Å²) >= 11 is 0. The summed E-state index contributed by atoms with van der Waals surface area (Å²) in [5.41, 5.74) is 0.120. The summed E-state index contributed by atoms with van der Waals surface area (Å²) < 4.78 is 6.39. The van der Waals surface area contributed by atoms with E-state index in [9.17, 15) is 0 Å². The number of hydrogen-bond donors (Lipinski definition) is 1. The second-order valence-corrected chi connectivity index (χ2v) is 7.47. The molecular weight excluding hydrogens is 246 g/mol. The highest BCUT2D eigenvalue weighted by atomic mass is 16.5. The summed E-state index contributed by atoms with van der Waals surface area (Å²) in [6.45, 7) is 14.6. The molecule has 0 bridgehead atoms. The molecule has 1 rings (SSSR count). The van der Waals surface area contributed by atoms with Crippen LogP contribution in [0.1, 0.15) is 73.1 Å². The van der Waals surface area contributed by atoms with Gasteiger partial charge in [-0.2, -0.15) is 0 Å². The molecule has 0 unspecified atom stereocenters. The molecule has 0 aromatic rings. The Hall–Kier alpha value is -0.0800. The van der Waals surface area contributed by atoms with Gasteiger partial charge in [0.25, 0.3) is 0 Å². The maximum absolute atomic E-state index is 6.39. The minimum atomic E-state index is 0.120. The van der Waals surface area contributed by atoms with Gasteiger partial charge < -0.3 is 10.1 Å². The minimum Gasteiger partial charge on any atom is -0.374 e. The van der Waals surface area contributed by atoms with Crippen LogP contribution in [0.4, 0.5) is 0 Å². The summed E-state index contributed by atoms with van der Waals surface area (Å²) in [5.74, 6) is 2.47. The second kappa shape index (κ2) is 9.04. The van der Waals surface area contributed by atoms with Crippen molar-refractivity contribution in [3.05, 3.63) is 0 Å². The van der Waals surface area contributed by atoms with Gasteiger partial charge in [-0.05, 0) is 62.8 Å². The Bertz CT molecular complexity index is 236. The zero-order valence-electron chi connectivity index (χ0n) is 14.5. The third kappa shape index (κ3) is 6.13. The van der Waals surface area contributed by atoms with Crippen molar-refractivity contribution in [2.75, 3.05) is 19.7 Å². The van der Waals surface area contributed by atoms with E-state index >= 15 is 0 Å². The first kappa shape index (κ1) is 18.0. The van der Waals surface area contributed by atoms with Crippen LogP contribution in [0.25, 0.3) is 0 Å². The Morgan fingerprint density at radius 2 is 1.80 bits per heavy atom. The predicted octanol–water partition coefficient (Wildman–Crippen LogP) is 4.63.